The van der Waals surface area contributed by atoms with Crippen molar-refractivity contribution < 1.29 is 19.1 Å². The van der Waals surface area contributed by atoms with Crippen molar-refractivity contribution >= 4 is 23.5 Å². The van der Waals surface area contributed by atoms with Gasteiger partial charge in [0.15, 0.2) is 0 Å². The first-order chi connectivity index (χ1) is 16.1. The lowest BCUT2D eigenvalue weighted by molar-refractivity contribution is -0.130. The van der Waals surface area contributed by atoms with Crippen LogP contribution in [-0.2, 0) is 20.7 Å². The third-order valence-electron chi connectivity index (χ3n) is 6.01. The number of carbonyl (C=O) groups excluding carboxylic acids is 3. The Kier molecular flexibility index (Phi) is 9.48. The average molecular weight is 451 g/mol. The minimum atomic E-state index is -0.680. The Bertz CT molecular complexity index is 905. The zero-order valence-corrected chi connectivity index (χ0v) is 19.3. The molecule has 6 heteroatoms. The van der Waals surface area contributed by atoms with E-state index in [0.717, 1.165) is 44.1 Å². The van der Waals surface area contributed by atoms with Gasteiger partial charge in [0.05, 0.1) is 12.2 Å². The Hall–Kier alpha value is -3.15. The number of benzene rings is 2. The molecule has 176 valence electrons. The van der Waals surface area contributed by atoms with Crippen molar-refractivity contribution in [2.75, 3.05) is 11.9 Å². The van der Waals surface area contributed by atoms with Crippen LogP contribution < -0.4 is 10.6 Å². The quantitative estimate of drug-likeness (QED) is 0.399. The van der Waals surface area contributed by atoms with Crippen LogP contribution in [0.5, 0.6) is 0 Å². The lowest BCUT2D eigenvalue weighted by Gasteiger charge is -2.24. The van der Waals surface area contributed by atoms with Gasteiger partial charge < -0.3 is 15.4 Å². The van der Waals surface area contributed by atoms with Gasteiger partial charge in [0.1, 0.15) is 6.04 Å². The number of amides is 2. The predicted molar refractivity (Wildman–Crippen MR) is 129 cm³/mol. The first-order valence-electron chi connectivity index (χ1n) is 12.0. The second-order valence-electron chi connectivity index (χ2n) is 8.64. The molecule has 0 aliphatic heterocycles. The minimum Gasteiger partial charge on any atom is -0.462 e. The SMILES string of the molecule is CCCCOC(=O)c1ccc(NC(=O)C(Cc2ccccc2)NC(=O)C2CCCCC2)cc1. The van der Waals surface area contributed by atoms with Crippen LogP contribution in [0.1, 0.15) is 67.8 Å². The van der Waals surface area contributed by atoms with Crippen LogP contribution in [-0.4, -0.2) is 30.4 Å². The maximum atomic E-state index is 13.1. The van der Waals surface area contributed by atoms with Crippen molar-refractivity contribution in [2.24, 2.45) is 5.92 Å². The highest BCUT2D eigenvalue weighted by Gasteiger charge is 2.27. The molecule has 0 saturated heterocycles. The maximum Gasteiger partial charge on any atom is 0.338 e. The highest BCUT2D eigenvalue weighted by Crippen LogP contribution is 2.24. The molecule has 6 nitrogen and oxygen atoms in total. The summed E-state index contributed by atoms with van der Waals surface area (Å²) in [5.74, 6) is -0.719. The molecule has 0 aromatic heterocycles. The van der Waals surface area contributed by atoms with E-state index in [1.54, 1.807) is 24.3 Å². The van der Waals surface area contributed by atoms with Gasteiger partial charge >= 0.3 is 5.97 Å². The van der Waals surface area contributed by atoms with Crippen molar-refractivity contribution in [3.05, 3.63) is 65.7 Å². The molecule has 1 saturated carbocycles. The lowest BCUT2D eigenvalue weighted by Crippen LogP contribution is -2.47. The van der Waals surface area contributed by atoms with E-state index in [9.17, 15) is 14.4 Å². The molecule has 1 unspecified atom stereocenters. The second kappa shape index (κ2) is 12.8. The molecule has 0 radical (unpaired) electrons. The maximum absolute atomic E-state index is 13.1. The Morgan fingerprint density at radius 3 is 2.33 bits per heavy atom. The number of carbonyl (C=O) groups is 3. The number of hydrogen-bond acceptors (Lipinski definition) is 4. The van der Waals surface area contributed by atoms with E-state index in [4.69, 9.17) is 4.74 Å². The van der Waals surface area contributed by atoms with Crippen LogP contribution in [0.25, 0.3) is 0 Å². The average Bonchev–Trinajstić information content (AvgIpc) is 2.85. The van der Waals surface area contributed by atoms with Gasteiger partial charge in [-0.1, -0.05) is 62.9 Å². The molecule has 2 aromatic carbocycles. The van der Waals surface area contributed by atoms with Gasteiger partial charge in [0.2, 0.25) is 11.8 Å². The van der Waals surface area contributed by atoms with Crippen molar-refractivity contribution in [3.63, 3.8) is 0 Å². The van der Waals surface area contributed by atoms with E-state index >= 15 is 0 Å². The first kappa shape index (κ1) is 24.5. The molecule has 3 rings (SSSR count). The zero-order valence-electron chi connectivity index (χ0n) is 19.3. The molecule has 33 heavy (non-hydrogen) atoms. The molecule has 0 bridgehead atoms. The first-order valence-corrected chi connectivity index (χ1v) is 12.0. The molecular weight excluding hydrogens is 416 g/mol. The third-order valence-corrected chi connectivity index (χ3v) is 6.01. The molecule has 1 fully saturated rings. The summed E-state index contributed by atoms with van der Waals surface area (Å²) in [6.07, 6.45) is 7.23. The number of anilines is 1. The van der Waals surface area contributed by atoms with Crippen LogP contribution >= 0.6 is 0 Å². The van der Waals surface area contributed by atoms with Gasteiger partial charge in [-0.15, -0.1) is 0 Å². The molecule has 0 spiro atoms. The molecular formula is C27H34N2O4. The fraction of sp³-hybridized carbons (Fsp3) is 0.444. The summed E-state index contributed by atoms with van der Waals surface area (Å²) in [5, 5.41) is 5.87. The predicted octanol–water partition coefficient (Wildman–Crippen LogP) is 4.89. The van der Waals surface area contributed by atoms with Crippen LogP contribution in [0.4, 0.5) is 5.69 Å². The molecule has 1 aliphatic carbocycles. The fourth-order valence-corrected chi connectivity index (χ4v) is 4.02. The van der Waals surface area contributed by atoms with E-state index in [1.807, 2.05) is 37.3 Å². The molecule has 1 aliphatic rings. The van der Waals surface area contributed by atoms with Crippen LogP contribution in [0.3, 0.4) is 0 Å². The molecule has 1 atom stereocenters. The monoisotopic (exact) mass is 450 g/mol. The summed E-state index contributed by atoms with van der Waals surface area (Å²) in [7, 11) is 0. The van der Waals surface area contributed by atoms with Crippen LogP contribution in [0.2, 0.25) is 0 Å². The molecule has 2 N–H and O–H groups in total. The number of esters is 1. The molecule has 2 amide bonds. The van der Waals surface area contributed by atoms with Gasteiger partial charge in [0.25, 0.3) is 0 Å². The lowest BCUT2D eigenvalue weighted by atomic mass is 9.88. The summed E-state index contributed by atoms with van der Waals surface area (Å²) >= 11 is 0. The summed E-state index contributed by atoms with van der Waals surface area (Å²) in [5.41, 5.74) is 1.98. The number of ether oxygens (including phenoxy) is 1. The molecule has 0 heterocycles. The van der Waals surface area contributed by atoms with E-state index in [0.29, 0.717) is 24.3 Å². The van der Waals surface area contributed by atoms with E-state index in [1.165, 1.54) is 6.42 Å². The van der Waals surface area contributed by atoms with Gasteiger partial charge in [-0.25, -0.2) is 4.79 Å². The number of nitrogens with one attached hydrogen (secondary N) is 2. The zero-order chi connectivity index (χ0) is 23.5. The summed E-state index contributed by atoms with van der Waals surface area (Å²) in [4.78, 5) is 38.0. The van der Waals surface area contributed by atoms with Crippen molar-refractivity contribution in [1.29, 1.82) is 0 Å². The Morgan fingerprint density at radius 2 is 1.67 bits per heavy atom. The van der Waals surface area contributed by atoms with E-state index in [2.05, 4.69) is 10.6 Å². The third kappa shape index (κ3) is 7.74. The van der Waals surface area contributed by atoms with Crippen molar-refractivity contribution in [3.8, 4) is 0 Å². The highest BCUT2D eigenvalue weighted by molar-refractivity contribution is 5.98. The van der Waals surface area contributed by atoms with Gasteiger partial charge in [-0.2, -0.15) is 0 Å². The smallest absolute Gasteiger partial charge is 0.338 e. The van der Waals surface area contributed by atoms with Gasteiger partial charge in [-0.05, 0) is 49.1 Å². The van der Waals surface area contributed by atoms with E-state index < -0.39 is 6.04 Å². The number of hydrogen-bond donors (Lipinski definition) is 2. The molecule has 2 aromatic rings. The van der Waals surface area contributed by atoms with Gasteiger partial charge in [0, 0.05) is 18.0 Å². The minimum absolute atomic E-state index is 0.0252. The number of unbranched alkanes of at least 4 members (excludes halogenated alkanes) is 1. The fourth-order valence-electron chi connectivity index (χ4n) is 4.02. The van der Waals surface area contributed by atoms with Gasteiger partial charge in [-0.3, -0.25) is 9.59 Å². The highest BCUT2D eigenvalue weighted by atomic mass is 16.5. The largest absolute Gasteiger partial charge is 0.462 e. The topological polar surface area (TPSA) is 84.5 Å². The number of rotatable bonds is 10. The summed E-state index contributed by atoms with van der Waals surface area (Å²) < 4.78 is 5.22. The normalized spacial score (nSPS) is 14.8. The summed E-state index contributed by atoms with van der Waals surface area (Å²) in [6, 6.07) is 15.6. The second-order valence-corrected chi connectivity index (χ2v) is 8.64. The Labute approximate surface area is 196 Å². The Morgan fingerprint density at radius 1 is 0.970 bits per heavy atom. The standard InChI is InChI=1S/C27H34N2O4/c1-2-3-18-33-27(32)22-14-16-23(17-15-22)28-26(31)24(19-20-10-6-4-7-11-20)29-25(30)21-12-8-5-9-13-21/h4,6-7,10-11,14-17,21,24H,2-3,5,8-9,12-13,18-19H2,1H3,(H,28,31)(H,29,30). The van der Waals surface area contributed by atoms with Crippen LogP contribution in [0, 0.1) is 5.92 Å². The van der Waals surface area contributed by atoms with Crippen molar-refractivity contribution in [2.45, 2.75) is 64.3 Å². The van der Waals surface area contributed by atoms with Crippen molar-refractivity contribution in [1.82, 2.24) is 5.32 Å². The summed E-state index contributed by atoms with van der Waals surface area (Å²) in [6.45, 7) is 2.43. The van der Waals surface area contributed by atoms with Crippen LogP contribution in [0.15, 0.2) is 54.6 Å². The van der Waals surface area contributed by atoms with E-state index in [-0.39, 0.29) is 23.7 Å². The Balaban J connectivity index is 1.64.